The standard InChI is InChI=1S/C37H40F3N3O3/c38-37(39,40)32-18-33(20-41-19-32)43-17-16-31(22-43)21-42-23-34(44-25-28-10-4-1-5-11-28)36(46-27-30-14-8-3-9-15-30)35(24-42)45-26-29-12-6-2-7-13-29/h1-15,18-20,31,34-36H,16-17,21-27H2/t31-,34-,35+,36?/m1/s1. The Morgan fingerprint density at radius 2 is 1.20 bits per heavy atom. The average Bonchev–Trinajstić information content (AvgIpc) is 3.55. The molecule has 4 aromatic rings. The van der Waals surface area contributed by atoms with Gasteiger partial charge in [-0.15, -0.1) is 0 Å². The van der Waals surface area contributed by atoms with Gasteiger partial charge < -0.3 is 19.1 Å². The van der Waals surface area contributed by atoms with Crippen LogP contribution in [0.3, 0.4) is 0 Å². The van der Waals surface area contributed by atoms with E-state index in [1.165, 1.54) is 12.3 Å². The fourth-order valence-corrected chi connectivity index (χ4v) is 6.35. The molecule has 2 fully saturated rings. The number of hydrogen-bond acceptors (Lipinski definition) is 6. The van der Waals surface area contributed by atoms with Crippen molar-refractivity contribution < 1.29 is 27.4 Å². The first-order chi connectivity index (χ1) is 22.4. The Bertz CT molecular complexity index is 1440. The van der Waals surface area contributed by atoms with Crippen molar-refractivity contribution in [3.63, 3.8) is 0 Å². The molecule has 4 atom stereocenters. The van der Waals surface area contributed by atoms with Crippen molar-refractivity contribution in [3.05, 3.63) is 132 Å². The molecule has 2 saturated heterocycles. The lowest BCUT2D eigenvalue weighted by Crippen LogP contribution is -2.58. The molecule has 3 heterocycles. The summed E-state index contributed by atoms with van der Waals surface area (Å²) in [4.78, 5) is 8.27. The van der Waals surface area contributed by atoms with Gasteiger partial charge in [0.1, 0.15) is 6.10 Å². The minimum atomic E-state index is -4.42. The van der Waals surface area contributed by atoms with Crippen LogP contribution in [0.2, 0.25) is 0 Å². The number of ether oxygens (including phenoxy) is 3. The van der Waals surface area contributed by atoms with E-state index in [-0.39, 0.29) is 24.2 Å². The highest BCUT2D eigenvalue weighted by Gasteiger charge is 2.41. The van der Waals surface area contributed by atoms with Gasteiger partial charge in [-0.25, -0.2) is 0 Å². The van der Waals surface area contributed by atoms with E-state index in [2.05, 4.69) is 46.3 Å². The Morgan fingerprint density at radius 3 is 1.72 bits per heavy atom. The van der Waals surface area contributed by atoms with E-state index in [0.29, 0.717) is 51.7 Å². The Labute approximate surface area is 268 Å². The second-order valence-corrected chi connectivity index (χ2v) is 12.2. The zero-order valence-electron chi connectivity index (χ0n) is 25.8. The van der Waals surface area contributed by atoms with Crippen LogP contribution in [0.1, 0.15) is 28.7 Å². The highest BCUT2D eigenvalue weighted by molar-refractivity contribution is 5.47. The lowest BCUT2D eigenvalue weighted by atomic mass is 9.98. The van der Waals surface area contributed by atoms with Gasteiger partial charge in [0.15, 0.2) is 0 Å². The van der Waals surface area contributed by atoms with Gasteiger partial charge in [-0.2, -0.15) is 13.2 Å². The summed E-state index contributed by atoms with van der Waals surface area (Å²) < 4.78 is 59.9. The van der Waals surface area contributed by atoms with Crippen LogP contribution in [0, 0.1) is 5.92 Å². The molecule has 0 bridgehead atoms. The minimum absolute atomic E-state index is 0.247. The summed E-state index contributed by atoms with van der Waals surface area (Å²) in [5, 5.41) is 0. The number of benzene rings is 3. The monoisotopic (exact) mass is 631 g/mol. The molecule has 0 radical (unpaired) electrons. The van der Waals surface area contributed by atoms with Gasteiger partial charge in [0.2, 0.25) is 0 Å². The molecule has 242 valence electrons. The highest BCUT2D eigenvalue weighted by Crippen LogP contribution is 2.33. The third kappa shape index (κ3) is 8.73. The van der Waals surface area contributed by atoms with Crippen LogP contribution in [-0.4, -0.2) is 60.9 Å². The van der Waals surface area contributed by atoms with Gasteiger partial charge in [-0.05, 0) is 35.1 Å². The van der Waals surface area contributed by atoms with E-state index in [4.69, 9.17) is 14.2 Å². The maximum Gasteiger partial charge on any atom is 0.417 e. The molecule has 9 heteroatoms. The Hall–Kier alpha value is -3.76. The molecule has 2 aliphatic rings. The molecule has 0 aliphatic carbocycles. The van der Waals surface area contributed by atoms with Crippen LogP contribution in [0.25, 0.3) is 0 Å². The Balaban J connectivity index is 1.18. The number of aromatic nitrogens is 1. The van der Waals surface area contributed by atoms with E-state index in [1.807, 2.05) is 59.5 Å². The molecule has 0 amide bonds. The van der Waals surface area contributed by atoms with E-state index < -0.39 is 11.7 Å². The molecule has 1 unspecified atom stereocenters. The van der Waals surface area contributed by atoms with Crippen molar-refractivity contribution >= 4 is 5.69 Å². The van der Waals surface area contributed by atoms with E-state index in [9.17, 15) is 13.2 Å². The average molecular weight is 632 g/mol. The third-order valence-electron chi connectivity index (χ3n) is 8.73. The zero-order valence-corrected chi connectivity index (χ0v) is 25.8. The van der Waals surface area contributed by atoms with Gasteiger partial charge in [0.05, 0.1) is 49.5 Å². The number of alkyl halides is 3. The summed E-state index contributed by atoms with van der Waals surface area (Å²) in [6.45, 7) is 4.82. The summed E-state index contributed by atoms with van der Waals surface area (Å²) in [5.41, 5.74) is 3.05. The normalized spacial score (nSPS) is 22.3. The van der Waals surface area contributed by atoms with Crippen molar-refractivity contribution in [1.29, 1.82) is 0 Å². The number of likely N-dealkylation sites (tertiary alicyclic amines) is 1. The predicted octanol–water partition coefficient (Wildman–Crippen LogP) is 7.00. The molecule has 0 spiro atoms. The summed E-state index contributed by atoms with van der Waals surface area (Å²) >= 11 is 0. The number of piperidine rings is 1. The van der Waals surface area contributed by atoms with Crippen LogP contribution >= 0.6 is 0 Å². The molecule has 1 aromatic heterocycles. The van der Waals surface area contributed by atoms with Gasteiger partial charge in [-0.3, -0.25) is 9.88 Å². The number of rotatable bonds is 12. The predicted molar refractivity (Wildman–Crippen MR) is 171 cm³/mol. The summed E-state index contributed by atoms with van der Waals surface area (Å²) in [6, 6.07) is 31.6. The second kappa shape index (κ2) is 15.2. The Kier molecular flexibility index (Phi) is 10.7. The summed E-state index contributed by atoms with van der Waals surface area (Å²) in [5.74, 6) is 0.279. The van der Waals surface area contributed by atoms with Crippen LogP contribution in [0.5, 0.6) is 0 Å². The SMILES string of the molecule is FC(F)(F)c1cncc(N2CC[C@H](CN3C[C@H](OCc4ccccc4)C(OCc4ccccc4)[C@H](OCc4ccccc4)C3)C2)c1. The van der Waals surface area contributed by atoms with Crippen molar-refractivity contribution in [2.75, 3.05) is 37.6 Å². The molecule has 0 saturated carbocycles. The quantitative estimate of drug-likeness (QED) is 0.168. The lowest BCUT2D eigenvalue weighted by molar-refractivity contribution is -0.185. The molecule has 2 aliphatic heterocycles. The van der Waals surface area contributed by atoms with Gasteiger partial charge in [-0.1, -0.05) is 91.0 Å². The fraction of sp³-hybridized carbons (Fsp3) is 0.378. The van der Waals surface area contributed by atoms with E-state index in [1.54, 1.807) is 0 Å². The third-order valence-corrected chi connectivity index (χ3v) is 8.73. The van der Waals surface area contributed by atoms with Crippen LogP contribution in [-0.2, 0) is 40.2 Å². The van der Waals surface area contributed by atoms with Gasteiger partial charge >= 0.3 is 6.18 Å². The lowest BCUT2D eigenvalue weighted by Gasteiger charge is -2.44. The topological polar surface area (TPSA) is 47.1 Å². The maximum atomic E-state index is 13.3. The van der Waals surface area contributed by atoms with Crippen LogP contribution in [0.4, 0.5) is 18.9 Å². The molecular weight excluding hydrogens is 591 g/mol. The number of nitrogens with zero attached hydrogens (tertiary/aromatic N) is 3. The largest absolute Gasteiger partial charge is 0.417 e. The minimum Gasteiger partial charge on any atom is -0.370 e. The zero-order chi connectivity index (χ0) is 31.8. The first kappa shape index (κ1) is 32.2. The second-order valence-electron chi connectivity index (χ2n) is 12.2. The number of anilines is 1. The highest BCUT2D eigenvalue weighted by atomic mass is 19.4. The Morgan fingerprint density at radius 1 is 0.674 bits per heavy atom. The van der Waals surface area contributed by atoms with Crippen molar-refractivity contribution in [1.82, 2.24) is 9.88 Å². The van der Waals surface area contributed by atoms with Gasteiger partial charge in [0.25, 0.3) is 0 Å². The molecule has 6 nitrogen and oxygen atoms in total. The number of halogens is 3. The fourth-order valence-electron chi connectivity index (χ4n) is 6.35. The molecule has 6 rings (SSSR count). The first-order valence-corrected chi connectivity index (χ1v) is 15.9. The van der Waals surface area contributed by atoms with Crippen molar-refractivity contribution in [3.8, 4) is 0 Å². The maximum absolute atomic E-state index is 13.3. The van der Waals surface area contributed by atoms with Crippen molar-refractivity contribution in [2.45, 2.75) is 50.7 Å². The summed E-state index contributed by atoms with van der Waals surface area (Å²) in [6.07, 6.45) is -1.92. The number of pyridine rings is 1. The molecule has 3 aromatic carbocycles. The molecular formula is C37H40F3N3O3. The molecule has 46 heavy (non-hydrogen) atoms. The summed E-state index contributed by atoms with van der Waals surface area (Å²) in [7, 11) is 0. The van der Waals surface area contributed by atoms with Crippen molar-refractivity contribution in [2.24, 2.45) is 5.92 Å². The number of hydrogen-bond donors (Lipinski definition) is 0. The van der Waals surface area contributed by atoms with Crippen LogP contribution in [0.15, 0.2) is 109 Å². The van der Waals surface area contributed by atoms with E-state index in [0.717, 1.165) is 35.9 Å². The van der Waals surface area contributed by atoms with E-state index >= 15 is 0 Å². The first-order valence-electron chi connectivity index (χ1n) is 15.9. The van der Waals surface area contributed by atoms with Gasteiger partial charge in [0, 0.05) is 38.9 Å². The smallest absolute Gasteiger partial charge is 0.370 e. The van der Waals surface area contributed by atoms with Crippen LogP contribution < -0.4 is 4.90 Å². The molecule has 0 N–H and O–H groups in total.